The first kappa shape index (κ1) is 16.5. The number of hydrogen-bond donors (Lipinski definition) is 2. The molecule has 1 atom stereocenters. The number of rotatable bonds is 9. The van der Waals surface area contributed by atoms with Gasteiger partial charge in [0.15, 0.2) is 0 Å². The van der Waals surface area contributed by atoms with E-state index in [4.69, 9.17) is 5.11 Å². The standard InChI is InChI=1S/C17H26O3/c1-3-5-7-13-9-10-16(18)15(11-13)14(8-6-4-2)12-17(19)20/h9-11,14,18H,3-8,12H2,1-2H3,(H,19,20). The molecule has 1 unspecified atom stereocenters. The largest absolute Gasteiger partial charge is 0.508 e. The lowest BCUT2D eigenvalue weighted by atomic mass is 9.88. The average Bonchev–Trinajstić information content (AvgIpc) is 2.42. The zero-order valence-corrected chi connectivity index (χ0v) is 12.6. The van der Waals surface area contributed by atoms with Crippen molar-refractivity contribution in [3.8, 4) is 5.75 Å². The highest BCUT2D eigenvalue weighted by Crippen LogP contribution is 2.33. The van der Waals surface area contributed by atoms with Crippen LogP contribution in [0.3, 0.4) is 0 Å². The van der Waals surface area contributed by atoms with Gasteiger partial charge in [0.05, 0.1) is 6.42 Å². The van der Waals surface area contributed by atoms with Crippen LogP contribution in [0.25, 0.3) is 0 Å². The molecule has 1 aromatic rings. The molecule has 0 fully saturated rings. The van der Waals surface area contributed by atoms with Crippen LogP contribution in [0.15, 0.2) is 18.2 Å². The van der Waals surface area contributed by atoms with Crippen molar-refractivity contribution in [1.29, 1.82) is 0 Å². The lowest BCUT2D eigenvalue weighted by Gasteiger charge is -2.17. The maximum Gasteiger partial charge on any atom is 0.303 e. The molecule has 0 aliphatic heterocycles. The van der Waals surface area contributed by atoms with Gasteiger partial charge in [-0.3, -0.25) is 4.79 Å². The third-order valence-electron chi connectivity index (χ3n) is 3.68. The molecule has 0 heterocycles. The summed E-state index contributed by atoms with van der Waals surface area (Å²) in [4.78, 5) is 11.0. The molecule has 0 spiro atoms. The molecule has 0 radical (unpaired) electrons. The van der Waals surface area contributed by atoms with E-state index in [0.717, 1.165) is 44.1 Å². The second-order valence-corrected chi connectivity index (χ2v) is 5.43. The van der Waals surface area contributed by atoms with E-state index < -0.39 is 5.97 Å². The Balaban J connectivity index is 2.94. The minimum absolute atomic E-state index is 0.0881. The van der Waals surface area contributed by atoms with Gasteiger partial charge in [-0.15, -0.1) is 0 Å². The van der Waals surface area contributed by atoms with Crippen LogP contribution in [0.2, 0.25) is 0 Å². The smallest absolute Gasteiger partial charge is 0.303 e. The Morgan fingerprint density at radius 2 is 1.90 bits per heavy atom. The lowest BCUT2D eigenvalue weighted by Crippen LogP contribution is -2.07. The molecule has 0 bridgehead atoms. The van der Waals surface area contributed by atoms with E-state index in [9.17, 15) is 9.90 Å². The van der Waals surface area contributed by atoms with Crippen LogP contribution in [-0.4, -0.2) is 16.2 Å². The minimum Gasteiger partial charge on any atom is -0.508 e. The molecular weight excluding hydrogens is 252 g/mol. The van der Waals surface area contributed by atoms with Crippen LogP contribution >= 0.6 is 0 Å². The molecule has 1 aromatic carbocycles. The Hall–Kier alpha value is -1.51. The van der Waals surface area contributed by atoms with Crippen molar-refractivity contribution < 1.29 is 15.0 Å². The summed E-state index contributed by atoms with van der Waals surface area (Å²) in [5, 5.41) is 19.1. The molecule has 0 saturated heterocycles. The average molecular weight is 278 g/mol. The highest BCUT2D eigenvalue weighted by atomic mass is 16.4. The van der Waals surface area contributed by atoms with Crippen LogP contribution in [0.1, 0.15) is 69.4 Å². The molecule has 3 nitrogen and oxygen atoms in total. The Morgan fingerprint density at radius 1 is 1.20 bits per heavy atom. The summed E-state index contributed by atoms with van der Waals surface area (Å²) in [6, 6.07) is 5.64. The highest BCUT2D eigenvalue weighted by Gasteiger charge is 2.18. The van der Waals surface area contributed by atoms with Gasteiger partial charge in [-0.05, 0) is 42.4 Å². The number of phenols is 1. The van der Waals surface area contributed by atoms with Gasteiger partial charge in [0.2, 0.25) is 0 Å². The summed E-state index contributed by atoms with van der Waals surface area (Å²) < 4.78 is 0. The van der Waals surface area contributed by atoms with E-state index in [1.807, 2.05) is 12.1 Å². The van der Waals surface area contributed by atoms with Crippen LogP contribution in [0.4, 0.5) is 0 Å². The fourth-order valence-corrected chi connectivity index (χ4v) is 2.50. The topological polar surface area (TPSA) is 57.5 Å². The van der Waals surface area contributed by atoms with Crippen molar-refractivity contribution in [2.24, 2.45) is 0 Å². The number of aromatic hydroxyl groups is 1. The number of aliphatic carboxylic acids is 1. The number of carboxylic acids is 1. The molecule has 0 saturated carbocycles. The number of unbranched alkanes of at least 4 members (excludes halogenated alkanes) is 2. The van der Waals surface area contributed by atoms with Crippen molar-refractivity contribution in [3.05, 3.63) is 29.3 Å². The van der Waals surface area contributed by atoms with E-state index in [-0.39, 0.29) is 18.1 Å². The van der Waals surface area contributed by atoms with E-state index in [0.29, 0.717) is 0 Å². The predicted octanol–water partition coefficient (Wildman–Crippen LogP) is 4.48. The first-order valence-corrected chi connectivity index (χ1v) is 7.62. The third kappa shape index (κ3) is 5.24. The van der Waals surface area contributed by atoms with Gasteiger partial charge in [-0.2, -0.15) is 0 Å². The highest BCUT2D eigenvalue weighted by molar-refractivity contribution is 5.68. The molecule has 1 rings (SSSR count). The summed E-state index contributed by atoms with van der Waals surface area (Å²) in [5.41, 5.74) is 1.99. The van der Waals surface area contributed by atoms with Gasteiger partial charge >= 0.3 is 5.97 Å². The number of phenolic OH excluding ortho intramolecular Hbond substituents is 1. The summed E-state index contributed by atoms with van der Waals surface area (Å²) in [5.74, 6) is -0.661. The van der Waals surface area contributed by atoms with Crippen molar-refractivity contribution in [1.82, 2.24) is 0 Å². The Bertz CT molecular complexity index is 426. The van der Waals surface area contributed by atoms with E-state index >= 15 is 0 Å². The monoisotopic (exact) mass is 278 g/mol. The summed E-state index contributed by atoms with van der Waals surface area (Å²) >= 11 is 0. The molecule has 2 N–H and O–H groups in total. The summed E-state index contributed by atoms with van der Waals surface area (Å²) in [6.07, 6.45) is 6.14. The molecule has 20 heavy (non-hydrogen) atoms. The van der Waals surface area contributed by atoms with Crippen LogP contribution in [0, 0.1) is 0 Å². The van der Waals surface area contributed by atoms with Crippen molar-refractivity contribution in [2.45, 2.75) is 64.7 Å². The van der Waals surface area contributed by atoms with Gasteiger partial charge in [-0.25, -0.2) is 0 Å². The molecular formula is C17H26O3. The Morgan fingerprint density at radius 3 is 2.50 bits per heavy atom. The van der Waals surface area contributed by atoms with Gasteiger partial charge < -0.3 is 10.2 Å². The lowest BCUT2D eigenvalue weighted by molar-refractivity contribution is -0.137. The van der Waals surface area contributed by atoms with Crippen molar-refractivity contribution >= 4 is 5.97 Å². The number of carbonyl (C=O) groups is 1. The van der Waals surface area contributed by atoms with E-state index in [2.05, 4.69) is 13.8 Å². The van der Waals surface area contributed by atoms with Gasteiger partial charge in [-0.1, -0.05) is 45.2 Å². The van der Waals surface area contributed by atoms with Gasteiger partial charge in [0.25, 0.3) is 0 Å². The van der Waals surface area contributed by atoms with Crippen LogP contribution in [0.5, 0.6) is 5.75 Å². The first-order chi connectivity index (χ1) is 9.58. The molecule has 3 heteroatoms. The van der Waals surface area contributed by atoms with Gasteiger partial charge in [0, 0.05) is 0 Å². The molecule has 0 aromatic heterocycles. The number of benzene rings is 1. The van der Waals surface area contributed by atoms with Gasteiger partial charge in [0.1, 0.15) is 5.75 Å². The summed E-state index contributed by atoms with van der Waals surface area (Å²) in [6.45, 7) is 4.24. The Labute approximate surface area is 121 Å². The van der Waals surface area contributed by atoms with E-state index in [1.54, 1.807) is 6.07 Å². The fraction of sp³-hybridized carbons (Fsp3) is 0.588. The third-order valence-corrected chi connectivity index (χ3v) is 3.68. The molecule has 0 amide bonds. The maximum absolute atomic E-state index is 11.0. The quantitative estimate of drug-likeness (QED) is 0.700. The fourth-order valence-electron chi connectivity index (χ4n) is 2.50. The number of hydrogen-bond acceptors (Lipinski definition) is 2. The molecule has 112 valence electrons. The minimum atomic E-state index is -0.801. The van der Waals surface area contributed by atoms with E-state index in [1.165, 1.54) is 5.56 Å². The van der Waals surface area contributed by atoms with Crippen LogP contribution < -0.4 is 0 Å². The zero-order chi connectivity index (χ0) is 15.0. The normalized spacial score (nSPS) is 12.3. The second kappa shape index (κ2) is 8.62. The zero-order valence-electron chi connectivity index (χ0n) is 12.6. The summed E-state index contributed by atoms with van der Waals surface area (Å²) in [7, 11) is 0. The second-order valence-electron chi connectivity index (χ2n) is 5.43. The first-order valence-electron chi connectivity index (χ1n) is 7.62. The number of aryl methyl sites for hydroxylation is 1. The Kier molecular flexibility index (Phi) is 7.13. The maximum atomic E-state index is 11.0. The predicted molar refractivity (Wildman–Crippen MR) is 81.2 cm³/mol. The molecule has 0 aliphatic carbocycles. The SMILES string of the molecule is CCCCc1ccc(O)c(C(CCCC)CC(=O)O)c1. The molecule has 0 aliphatic rings. The van der Waals surface area contributed by atoms with Crippen molar-refractivity contribution in [3.63, 3.8) is 0 Å². The van der Waals surface area contributed by atoms with Crippen LogP contribution in [-0.2, 0) is 11.2 Å². The number of carboxylic acid groups (broad SMARTS) is 1. The van der Waals surface area contributed by atoms with Crippen molar-refractivity contribution in [2.75, 3.05) is 0 Å².